The second kappa shape index (κ2) is 19.4. The Morgan fingerprint density at radius 2 is 1.59 bits per heavy atom. The molecule has 2 aromatic carbocycles. The number of hydrogen-bond donors (Lipinski definition) is 4. The van der Waals surface area contributed by atoms with Crippen LogP contribution in [-0.2, 0) is 48.0 Å². The Labute approximate surface area is 320 Å². The molecule has 4 N–H and O–H groups in total. The number of rotatable bonds is 16. The predicted octanol–water partition coefficient (Wildman–Crippen LogP) is 4.21. The van der Waals surface area contributed by atoms with Crippen LogP contribution in [0.5, 0.6) is 5.75 Å². The molecule has 2 aromatic rings. The van der Waals surface area contributed by atoms with E-state index in [2.05, 4.69) is 33.4 Å². The number of hydrogen-bond acceptors (Lipinski definition) is 9. The van der Waals surface area contributed by atoms with E-state index in [1.807, 2.05) is 51.1 Å². The first kappa shape index (κ1) is 42.5. The normalized spacial score (nSPS) is 18.0. The summed E-state index contributed by atoms with van der Waals surface area (Å²) in [5.41, 5.74) is 3.02. The summed E-state index contributed by atoms with van der Waals surface area (Å²) in [6.45, 7) is 15.1. The van der Waals surface area contributed by atoms with E-state index in [1.54, 1.807) is 39.6 Å². The number of amides is 4. The van der Waals surface area contributed by atoms with Gasteiger partial charge in [0, 0.05) is 19.5 Å². The average Bonchev–Trinajstić information content (AvgIpc) is 3.12. The zero-order valence-corrected chi connectivity index (χ0v) is 33.3. The van der Waals surface area contributed by atoms with Gasteiger partial charge in [-0.25, -0.2) is 4.79 Å². The molecule has 13 nitrogen and oxygen atoms in total. The number of likely N-dealkylation sites (N-methyl/N-ethyl adjacent to an activating group) is 1. The van der Waals surface area contributed by atoms with Gasteiger partial charge in [-0.1, -0.05) is 51.1 Å². The van der Waals surface area contributed by atoms with Crippen LogP contribution in [-0.4, -0.2) is 99.1 Å². The Morgan fingerprint density at radius 1 is 0.889 bits per heavy atom. The largest absolute Gasteiger partial charge is 0.491 e. The molecule has 54 heavy (non-hydrogen) atoms. The first-order chi connectivity index (χ1) is 25.6. The second-order valence-corrected chi connectivity index (χ2v) is 16.1. The Morgan fingerprint density at radius 3 is 2.30 bits per heavy atom. The van der Waals surface area contributed by atoms with Gasteiger partial charge >= 0.3 is 6.09 Å². The van der Waals surface area contributed by atoms with Gasteiger partial charge in [0.1, 0.15) is 30.0 Å². The highest BCUT2D eigenvalue weighted by atomic mass is 16.6. The molecule has 0 bridgehead atoms. The fourth-order valence-corrected chi connectivity index (χ4v) is 6.58. The van der Waals surface area contributed by atoms with Gasteiger partial charge in [0.2, 0.25) is 17.7 Å². The minimum absolute atomic E-state index is 0.138. The maximum atomic E-state index is 14.6. The lowest BCUT2D eigenvalue weighted by Gasteiger charge is -2.41. The fraction of sp³-hybridized carbons (Fsp3) is 0.610. The van der Waals surface area contributed by atoms with Gasteiger partial charge in [-0.3, -0.25) is 14.4 Å². The average molecular weight is 752 g/mol. The summed E-state index contributed by atoms with van der Waals surface area (Å²) < 4.78 is 22.4. The molecular weight excluding hydrogens is 690 g/mol. The maximum Gasteiger partial charge on any atom is 0.407 e. The van der Waals surface area contributed by atoms with Crippen molar-refractivity contribution in [3.8, 4) is 5.75 Å². The highest BCUT2D eigenvalue weighted by Gasteiger charge is 2.43. The number of carbonyl (C=O) groups excluding carboxylic acids is 4. The molecule has 0 spiro atoms. The van der Waals surface area contributed by atoms with Crippen LogP contribution < -0.4 is 26.0 Å². The lowest BCUT2D eigenvalue weighted by molar-refractivity contribution is -0.147. The summed E-state index contributed by atoms with van der Waals surface area (Å²) in [7, 11) is 1.70. The van der Waals surface area contributed by atoms with Crippen LogP contribution in [0.15, 0.2) is 42.5 Å². The summed E-state index contributed by atoms with van der Waals surface area (Å²) in [5, 5.41) is 11.8. The summed E-state index contributed by atoms with van der Waals surface area (Å²) in [6, 6.07) is 11.7. The topological polar surface area (TPSA) is 157 Å². The number of benzene rings is 2. The minimum atomic E-state index is -0.866. The Hall–Kier alpha value is -4.20. The van der Waals surface area contributed by atoms with Crippen molar-refractivity contribution < 1.29 is 38.1 Å². The molecule has 4 amide bonds. The Bertz CT molecular complexity index is 1590. The van der Waals surface area contributed by atoms with Crippen LogP contribution in [0.4, 0.5) is 4.79 Å². The second-order valence-electron chi connectivity index (χ2n) is 16.1. The number of aryl methyl sites for hydroxylation is 1. The monoisotopic (exact) mass is 751 g/mol. The molecule has 298 valence electrons. The van der Waals surface area contributed by atoms with Crippen LogP contribution in [0.2, 0.25) is 0 Å². The van der Waals surface area contributed by atoms with E-state index < -0.39 is 35.2 Å². The molecule has 0 aromatic heterocycles. The third kappa shape index (κ3) is 12.4. The predicted molar refractivity (Wildman–Crippen MR) is 206 cm³/mol. The lowest BCUT2D eigenvalue weighted by atomic mass is 9.83. The van der Waals surface area contributed by atoms with Gasteiger partial charge in [0.05, 0.1) is 38.5 Å². The first-order valence-corrected chi connectivity index (χ1v) is 19.1. The zero-order valence-electron chi connectivity index (χ0n) is 33.3. The van der Waals surface area contributed by atoms with Crippen molar-refractivity contribution in [3.63, 3.8) is 0 Å². The van der Waals surface area contributed by atoms with Crippen molar-refractivity contribution in [3.05, 3.63) is 64.7 Å². The van der Waals surface area contributed by atoms with Gasteiger partial charge in [-0.05, 0) is 93.8 Å². The van der Waals surface area contributed by atoms with Gasteiger partial charge in [0.15, 0.2) is 0 Å². The Balaban J connectivity index is 1.39. The summed E-state index contributed by atoms with van der Waals surface area (Å²) >= 11 is 0. The fourth-order valence-electron chi connectivity index (χ4n) is 6.58. The number of nitrogens with one attached hydrogen (secondary N) is 4. The van der Waals surface area contributed by atoms with Gasteiger partial charge < -0.3 is 45.1 Å². The number of nitrogens with zero attached hydrogens (tertiary/aromatic N) is 1. The third-order valence-corrected chi connectivity index (χ3v) is 9.59. The van der Waals surface area contributed by atoms with E-state index in [4.69, 9.17) is 18.9 Å². The van der Waals surface area contributed by atoms with E-state index in [0.29, 0.717) is 51.7 Å². The maximum absolute atomic E-state index is 14.6. The zero-order chi connectivity index (χ0) is 39.5. The number of alkyl carbamates (subject to hydrolysis) is 1. The molecule has 0 radical (unpaired) electrons. The summed E-state index contributed by atoms with van der Waals surface area (Å²) in [5.74, 6) is -0.183. The quantitative estimate of drug-likeness (QED) is 0.185. The van der Waals surface area contributed by atoms with Crippen LogP contribution in [0.25, 0.3) is 0 Å². The van der Waals surface area contributed by atoms with Crippen molar-refractivity contribution in [2.45, 2.75) is 110 Å². The smallest absolute Gasteiger partial charge is 0.407 e. The molecule has 13 heteroatoms. The SMILES string of the molecule is CN[C@@H](C)C(=O)N[C@H](C(=O)N1Cc2cc(OCCOCCOCCNC(=O)OC(C)(C)C)ccc2C[C@H]1C(=O)N[C@@H]1CCCc2ccccc21)C(C)(C)C. The first-order valence-electron chi connectivity index (χ1n) is 19.1. The van der Waals surface area contributed by atoms with Crippen LogP contribution in [0.3, 0.4) is 0 Å². The van der Waals surface area contributed by atoms with E-state index in [0.717, 1.165) is 36.0 Å². The highest BCUT2D eigenvalue weighted by molar-refractivity contribution is 5.94. The molecule has 4 rings (SSSR count). The van der Waals surface area contributed by atoms with E-state index in [9.17, 15) is 19.2 Å². The highest BCUT2D eigenvalue weighted by Crippen LogP contribution is 2.33. The number of carbonyl (C=O) groups is 4. The van der Waals surface area contributed by atoms with Crippen LogP contribution >= 0.6 is 0 Å². The Kier molecular flexibility index (Phi) is 15.3. The summed E-state index contributed by atoms with van der Waals surface area (Å²) in [6.07, 6.45) is 2.62. The molecule has 1 heterocycles. The molecule has 0 saturated carbocycles. The van der Waals surface area contributed by atoms with E-state index >= 15 is 0 Å². The minimum Gasteiger partial charge on any atom is -0.491 e. The van der Waals surface area contributed by atoms with Crippen molar-refractivity contribution in [1.29, 1.82) is 0 Å². The molecule has 1 aliphatic carbocycles. The summed E-state index contributed by atoms with van der Waals surface area (Å²) in [4.78, 5) is 55.2. The molecule has 0 unspecified atom stereocenters. The van der Waals surface area contributed by atoms with Crippen LogP contribution in [0, 0.1) is 5.41 Å². The molecule has 1 aliphatic heterocycles. The van der Waals surface area contributed by atoms with Gasteiger partial charge in [-0.15, -0.1) is 0 Å². The number of ether oxygens (including phenoxy) is 4. The molecule has 4 atom stereocenters. The van der Waals surface area contributed by atoms with Crippen molar-refractivity contribution in [1.82, 2.24) is 26.2 Å². The van der Waals surface area contributed by atoms with Crippen molar-refractivity contribution >= 4 is 23.8 Å². The molecule has 0 fully saturated rings. The molecular formula is C41H61N5O8. The standard InChI is InChI=1S/C41H61N5O8/c1-27(42-8)36(47)45-35(40(2,3)4)38(49)46-26-30-24-31(53-23-22-52-21-20-51-19-18-43-39(50)54-41(5,6)7)17-16-29(30)25-34(46)37(48)44-33-15-11-13-28-12-9-10-14-32(28)33/h9-10,12,14,16-17,24,27,33-35,42H,11,13,15,18-23,25-26H2,1-8H3,(H,43,50)(H,44,48)(H,45,47)/t27-,33+,34-,35+/m0/s1. The molecule has 2 aliphatic rings. The third-order valence-electron chi connectivity index (χ3n) is 9.59. The van der Waals surface area contributed by atoms with Gasteiger partial charge in [-0.2, -0.15) is 0 Å². The van der Waals surface area contributed by atoms with E-state index in [1.165, 1.54) is 5.56 Å². The van der Waals surface area contributed by atoms with Crippen LogP contribution in [0.1, 0.15) is 89.6 Å². The lowest BCUT2D eigenvalue weighted by Crippen LogP contribution is -2.62. The molecule has 0 saturated heterocycles. The van der Waals surface area contributed by atoms with E-state index in [-0.39, 0.29) is 30.3 Å². The van der Waals surface area contributed by atoms with Crippen molar-refractivity contribution in [2.75, 3.05) is 46.6 Å². The number of fused-ring (bicyclic) bond motifs is 2. The van der Waals surface area contributed by atoms with Crippen molar-refractivity contribution in [2.24, 2.45) is 5.41 Å². The van der Waals surface area contributed by atoms with Gasteiger partial charge in [0.25, 0.3) is 0 Å².